The van der Waals surface area contributed by atoms with Crippen LogP contribution in [0.2, 0.25) is 0 Å². The van der Waals surface area contributed by atoms with Gasteiger partial charge in [-0.05, 0) is 25.5 Å². The molecule has 0 saturated carbocycles. The van der Waals surface area contributed by atoms with E-state index in [0.717, 1.165) is 6.67 Å². The van der Waals surface area contributed by atoms with Crippen LogP contribution in [0, 0.1) is 6.92 Å². The maximum Gasteiger partial charge on any atom is 0.0878 e. The molecule has 0 aromatic heterocycles. The first-order valence-corrected chi connectivity index (χ1v) is 4.95. The lowest BCUT2D eigenvalue weighted by atomic mass is 10.1. The Morgan fingerprint density at radius 3 is 3.07 bits per heavy atom. The van der Waals surface area contributed by atoms with Crippen LogP contribution in [0.15, 0.2) is 18.2 Å². The quantitative estimate of drug-likeness (QED) is 0.746. The first-order valence-electron chi connectivity index (χ1n) is 4.95. The minimum Gasteiger partial charge on any atom is -0.392 e. The Labute approximate surface area is 84.4 Å². The lowest BCUT2D eigenvalue weighted by Crippen LogP contribution is -2.30. The highest BCUT2D eigenvalue weighted by Crippen LogP contribution is 2.33. The highest BCUT2D eigenvalue weighted by atomic mass is 16.3. The molecule has 1 aliphatic rings. The molecule has 0 fully saturated rings. The summed E-state index contributed by atoms with van der Waals surface area (Å²) in [5.41, 5.74) is 3.66. The number of anilines is 2. The topological polar surface area (TPSA) is 35.5 Å². The molecular weight excluding hydrogens is 176 g/mol. The standard InChI is InChI=1S/C11H16N2O/c1-8-4-3-5-10-11(8)12-7-13(10)6-9(2)14/h3-5,9,12,14H,6-7H2,1-2H3. The molecule has 2 rings (SSSR count). The Hall–Kier alpha value is -1.22. The Bertz CT molecular complexity index is 336. The Kier molecular flexibility index (Phi) is 2.33. The smallest absolute Gasteiger partial charge is 0.0878 e. The number of rotatable bonds is 2. The SMILES string of the molecule is Cc1cccc2c1NCN2CC(C)O. The zero-order valence-corrected chi connectivity index (χ0v) is 8.62. The van der Waals surface area contributed by atoms with E-state index in [1.54, 1.807) is 0 Å². The third kappa shape index (κ3) is 1.55. The number of aliphatic hydroxyl groups excluding tert-OH is 1. The second-order valence-corrected chi connectivity index (χ2v) is 3.88. The fourth-order valence-corrected chi connectivity index (χ4v) is 1.89. The van der Waals surface area contributed by atoms with Crippen molar-refractivity contribution >= 4 is 11.4 Å². The molecule has 1 heterocycles. The molecule has 1 atom stereocenters. The maximum absolute atomic E-state index is 9.34. The predicted octanol–water partition coefficient (Wildman–Crippen LogP) is 1.57. The van der Waals surface area contributed by atoms with E-state index in [2.05, 4.69) is 35.3 Å². The molecule has 3 heteroatoms. The van der Waals surface area contributed by atoms with Crippen LogP contribution in [0.25, 0.3) is 0 Å². The van der Waals surface area contributed by atoms with Crippen molar-refractivity contribution in [1.29, 1.82) is 0 Å². The summed E-state index contributed by atoms with van der Waals surface area (Å²) in [6.45, 7) is 5.39. The van der Waals surface area contributed by atoms with E-state index in [1.165, 1.54) is 16.9 Å². The second kappa shape index (κ2) is 3.50. The first-order chi connectivity index (χ1) is 6.68. The van der Waals surface area contributed by atoms with Gasteiger partial charge < -0.3 is 15.3 Å². The van der Waals surface area contributed by atoms with Crippen LogP contribution in [0.5, 0.6) is 0 Å². The molecule has 2 N–H and O–H groups in total. The van der Waals surface area contributed by atoms with Crippen molar-refractivity contribution < 1.29 is 5.11 Å². The number of benzene rings is 1. The second-order valence-electron chi connectivity index (χ2n) is 3.88. The molecule has 1 aromatic carbocycles. The maximum atomic E-state index is 9.34. The van der Waals surface area contributed by atoms with Crippen LogP contribution in [0.3, 0.4) is 0 Å². The van der Waals surface area contributed by atoms with Crippen molar-refractivity contribution in [2.75, 3.05) is 23.4 Å². The van der Waals surface area contributed by atoms with Crippen LogP contribution < -0.4 is 10.2 Å². The van der Waals surface area contributed by atoms with Crippen molar-refractivity contribution in [1.82, 2.24) is 0 Å². The number of para-hydroxylation sites is 1. The zero-order chi connectivity index (χ0) is 10.1. The van der Waals surface area contributed by atoms with Crippen LogP contribution in [-0.4, -0.2) is 24.4 Å². The van der Waals surface area contributed by atoms with E-state index in [-0.39, 0.29) is 6.10 Å². The van der Waals surface area contributed by atoms with E-state index in [4.69, 9.17) is 0 Å². The molecule has 0 bridgehead atoms. The van der Waals surface area contributed by atoms with Crippen molar-refractivity contribution in [2.24, 2.45) is 0 Å². The lowest BCUT2D eigenvalue weighted by Gasteiger charge is -2.19. The van der Waals surface area contributed by atoms with Gasteiger partial charge in [-0.25, -0.2) is 0 Å². The van der Waals surface area contributed by atoms with Gasteiger partial charge in [0.25, 0.3) is 0 Å². The molecule has 0 radical (unpaired) electrons. The van der Waals surface area contributed by atoms with Gasteiger partial charge in [-0.3, -0.25) is 0 Å². The molecular formula is C11H16N2O. The molecule has 0 amide bonds. The molecule has 1 unspecified atom stereocenters. The van der Waals surface area contributed by atoms with Crippen molar-refractivity contribution in [3.8, 4) is 0 Å². The number of nitrogens with one attached hydrogen (secondary N) is 1. The largest absolute Gasteiger partial charge is 0.392 e. The van der Waals surface area contributed by atoms with Crippen molar-refractivity contribution in [3.05, 3.63) is 23.8 Å². The summed E-state index contributed by atoms with van der Waals surface area (Å²) in [6.07, 6.45) is -0.289. The average Bonchev–Trinajstić information content (AvgIpc) is 2.49. The summed E-state index contributed by atoms with van der Waals surface area (Å²) in [7, 11) is 0. The number of nitrogens with zero attached hydrogens (tertiary/aromatic N) is 1. The molecule has 1 aromatic rings. The molecule has 0 saturated heterocycles. The van der Waals surface area contributed by atoms with E-state index in [1.807, 2.05) is 6.92 Å². The van der Waals surface area contributed by atoms with Gasteiger partial charge in [0.2, 0.25) is 0 Å². The van der Waals surface area contributed by atoms with Gasteiger partial charge in [0.15, 0.2) is 0 Å². The number of hydrogen-bond donors (Lipinski definition) is 2. The fraction of sp³-hybridized carbons (Fsp3) is 0.455. The third-order valence-corrected chi connectivity index (χ3v) is 2.52. The van der Waals surface area contributed by atoms with Gasteiger partial charge in [0.05, 0.1) is 24.1 Å². The summed E-state index contributed by atoms with van der Waals surface area (Å²) in [5, 5.41) is 12.7. The van der Waals surface area contributed by atoms with E-state index in [0.29, 0.717) is 6.54 Å². The zero-order valence-electron chi connectivity index (χ0n) is 8.62. The summed E-state index contributed by atoms with van der Waals surface area (Å²) < 4.78 is 0. The average molecular weight is 192 g/mol. The third-order valence-electron chi connectivity index (χ3n) is 2.52. The molecule has 1 aliphatic heterocycles. The number of aliphatic hydroxyl groups is 1. The Morgan fingerprint density at radius 1 is 1.57 bits per heavy atom. The van der Waals surface area contributed by atoms with Gasteiger partial charge in [-0.2, -0.15) is 0 Å². The molecule has 76 valence electrons. The summed E-state index contributed by atoms with van der Waals surface area (Å²) in [6, 6.07) is 6.23. The number of hydrogen-bond acceptors (Lipinski definition) is 3. The van der Waals surface area contributed by atoms with Crippen LogP contribution >= 0.6 is 0 Å². The number of fused-ring (bicyclic) bond motifs is 1. The first kappa shape index (κ1) is 9.34. The minimum atomic E-state index is -0.289. The van der Waals surface area contributed by atoms with Crippen LogP contribution in [0.1, 0.15) is 12.5 Å². The normalized spacial score (nSPS) is 16.4. The van der Waals surface area contributed by atoms with Gasteiger partial charge in [-0.15, -0.1) is 0 Å². The minimum absolute atomic E-state index is 0.289. The Morgan fingerprint density at radius 2 is 2.36 bits per heavy atom. The van der Waals surface area contributed by atoms with E-state index >= 15 is 0 Å². The molecule has 14 heavy (non-hydrogen) atoms. The van der Waals surface area contributed by atoms with Gasteiger partial charge in [-0.1, -0.05) is 12.1 Å². The van der Waals surface area contributed by atoms with Crippen LogP contribution in [0.4, 0.5) is 11.4 Å². The van der Waals surface area contributed by atoms with Crippen molar-refractivity contribution in [2.45, 2.75) is 20.0 Å². The van der Waals surface area contributed by atoms with E-state index in [9.17, 15) is 5.11 Å². The summed E-state index contributed by atoms with van der Waals surface area (Å²) in [4.78, 5) is 2.16. The van der Waals surface area contributed by atoms with Gasteiger partial charge in [0.1, 0.15) is 0 Å². The molecule has 3 nitrogen and oxygen atoms in total. The van der Waals surface area contributed by atoms with Crippen LogP contribution in [-0.2, 0) is 0 Å². The monoisotopic (exact) mass is 192 g/mol. The highest BCUT2D eigenvalue weighted by Gasteiger charge is 2.20. The molecule has 0 aliphatic carbocycles. The van der Waals surface area contributed by atoms with Gasteiger partial charge >= 0.3 is 0 Å². The van der Waals surface area contributed by atoms with Crippen molar-refractivity contribution in [3.63, 3.8) is 0 Å². The van der Waals surface area contributed by atoms with E-state index < -0.39 is 0 Å². The highest BCUT2D eigenvalue weighted by molar-refractivity contribution is 5.77. The molecule has 0 spiro atoms. The fourth-order valence-electron chi connectivity index (χ4n) is 1.89. The summed E-state index contributed by atoms with van der Waals surface area (Å²) >= 11 is 0. The Balaban J connectivity index is 2.26. The van der Waals surface area contributed by atoms with Gasteiger partial charge in [0, 0.05) is 6.54 Å². The summed E-state index contributed by atoms with van der Waals surface area (Å²) in [5.74, 6) is 0. The number of aryl methyl sites for hydroxylation is 1. The predicted molar refractivity (Wildman–Crippen MR) is 58.7 cm³/mol. The number of β-amino-alcohol motifs (C(OH)–C–C–N with tert-alkyl or cyclic N) is 1. The lowest BCUT2D eigenvalue weighted by molar-refractivity contribution is 0.201.